The van der Waals surface area contributed by atoms with Gasteiger partial charge in [0.25, 0.3) is 0 Å². The van der Waals surface area contributed by atoms with Gasteiger partial charge in [0.1, 0.15) is 10.8 Å². The number of methoxy groups -OCH3 is 1. The van der Waals surface area contributed by atoms with Crippen molar-refractivity contribution in [1.29, 1.82) is 0 Å². The maximum atomic E-state index is 12.6. The number of thioether (sulfide) groups is 1. The van der Waals surface area contributed by atoms with Crippen LogP contribution >= 0.6 is 35.0 Å². The Morgan fingerprint density at radius 1 is 1.09 bits per heavy atom. The highest BCUT2D eigenvalue weighted by Crippen LogP contribution is 2.41. The molecule has 1 heterocycles. The fourth-order valence-electron chi connectivity index (χ4n) is 4.24. The smallest absolute Gasteiger partial charge is 0.361 e. The summed E-state index contributed by atoms with van der Waals surface area (Å²) in [5.74, 6) is 0.787. The highest BCUT2D eigenvalue weighted by Gasteiger charge is 2.28. The molecule has 6 nitrogen and oxygen atoms in total. The van der Waals surface area contributed by atoms with Crippen LogP contribution in [0, 0.1) is 0 Å². The largest absolute Gasteiger partial charge is 0.497 e. The van der Waals surface area contributed by atoms with Crippen molar-refractivity contribution in [1.82, 2.24) is 15.0 Å². The molecule has 4 rings (SSSR count). The number of carbonyl (C=O) groups is 1. The van der Waals surface area contributed by atoms with Crippen LogP contribution in [-0.4, -0.2) is 39.9 Å². The molecule has 9 heteroatoms. The summed E-state index contributed by atoms with van der Waals surface area (Å²) >= 11 is 14.1. The Morgan fingerprint density at radius 2 is 1.76 bits per heavy atom. The average Bonchev–Trinajstić information content (AvgIpc) is 3.21. The summed E-state index contributed by atoms with van der Waals surface area (Å²) in [6, 6.07) is 13.6. The SMILES string of the molecule is CCOC(=O)c1nnn(Cc2ccc(OC)cc2)c1SC1CCC(c2cc(Cl)cc(Cl)c2)CC1. The summed E-state index contributed by atoms with van der Waals surface area (Å²) in [6.07, 6.45) is 4.08. The van der Waals surface area contributed by atoms with E-state index in [1.165, 1.54) is 5.56 Å². The molecule has 0 bridgehead atoms. The van der Waals surface area contributed by atoms with Crippen molar-refractivity contribution in [2.24, 2.45) is 0 Å². The molecule has 0 unspecified atom stereocenters. The molecular formula is C25H27Cl2N3O3S. The Hall–Kier alpha value is -2.22. The molecule has 0 spiro atoms. The molecule has 1 aromatic heterocycles. The Morgan fingerprint density at radius 3 is 2.38 bits per heavy atom. The number of hydrogen-bond acceptors (Lipinski definition) is 6. The molecule has 1 aliphatic carbocycles. The number of esters is 1. The first-order chi connectivity index (χ1) is 16.5. The predicted molar refractivity (Wildman–Crippen MR) is 135 cm³/mol. The summed E-state index contributed by atoms with van der Waals surface area (Å²) in [4.78, 5) is 12.6. The lowest BCUT2D eigenvalue weighted by Crippen LogP contribution is -2.17. The molecule has 1 aliphatic rings. The third-order valence-electron chi connectivity index (χ3n) is 5.96. The minimum atomic E-state index is -0.437. The third kappa shape index (κ3) is 6.06. The van der Waals surface area contributed by atoms with E-state index < -0.39 is 5.97 Å². The molecule has 1 saturated carbocycles. The highest BCUT2D eigenvalue weighted by molar-refractivity contribution is 7.99. The van der Waals surface area contributed by atoms with Gasteiger partial charge >= 0.3 is 5.97 Å². The summed E-state index contributed by atoms with van der Waals surface area (Å²) in [7, 11) is 1.64. The van der Waals surface area contributed by atoms with E-state index in [1.807, 2.05) is 36.4 Å². The van der Waals surface area contributed by atoms with Gasteiger partial charge in [0.2, 0.25) is 5.69 Å². The van der Waals surface area contributed by atoms with Crippen LogP contribution in [0.3, 0.4) is 0 Å². The zero-order valence-corrected chi connectivity index (χ0v) is 21.5. The van der Waals surface area contributed by atoms with Gasteiger partial charge in [0, 0.05) is 15.3 Å². The molecule has 2 aromatic carbocycles. The van der Waals surface area contributed by atoms with Crippen LogP contribution in [0.25, 0.3) is 0 Å². The Balaban J connectivity index is 1.49. The van der Waals surface area contributed by atoms with E-state index >= 15 is 0 Å². The molecule has 34 heavy (non-hydrogen) atoms. The second-order valence-electron chi connectivity index (χ2n) is 8.26. The lowest BCUT2D eigenvalue weighted by atomic mass is 9.84. The van der Waals surface area contributed by atoms with E-state index in [9.17, 15) is 4.79 Å². The zero-order valence-electron chi connectivity index (χ0n) is 19.2. The van der Waals surface area contributed by atoms with Crippen molar-refractivity contribution < 1.29 is 14.3 Å². The number of aromatic nitrogens is 3. The van der Waals surface area contributed by atoms with Crippen LogP contribution in [0.15, 0.2) is 47.5 Å². The topological polar surface area (TPSA) is 66.2 Å². The predicted octanol–water partition coefficient (Wildman–Crippen LogP) is 6.64. The van der Waals surface area contributed by atoms with Crippen molar-refractivity contribution >= 4 is 40.9 Å². The Bertz CT molecular complexity index is 1110. The van der Waals surface area contributed by atoms with Crippen molar-refractivity contribution in [2.45, 2.75) is 55.3 Å². The van der Waals surface area contributed by atoms with E-state index in [0.717, 1.165) is 42.0 Å². The first-order valence-corrected chi connectivity index (χ1v) is 13.0. The minimum absolute atomic E-state index is 0.282. The molecule has 0 aliphatic heterocycles. The minimum Gasteiger partial charge on any atom is -0.497 e. The molecule has 0 amide bonds. The van der Waals surface area contributed by atoms with Crippen LogP contribution in [0.2, 0.25) is 10.0 Å². The number of ether oxygens (including phenoxy) is 2. The monoisotopic (exact) mass is 519 g/mol. The van der Waals surface area contributed by atoms with Gasteiger partial charge in [-0.25, -0.2) is 9.48 Å². The molecule has 180 valence electrons. The van der Waals surface area contributed by atoms with E-state index in [-0.39, 0.29) is 5.69 Å². The van der Waals surface area contributed by atoms with Gasteiger partial charge in [0.05, 0.1) is 20.3 Å². The fraction of sp³-hybridized carbons (Fsp3) is 0.400. The maximum Gasteiger partial charge on any atom is 0.361 e. The first kappa shape index (κ1) is 24.9. The van der Waals surface area contributed by atoms with Crippen LogP contribution < -0.4 is 4.74 Å². The summed E-state index contributed by atoms with van der Waals surface area (Å²) in [5, 5.41) is 10.9. The zero-order chi connectivity index (χ0) is 24.1. The Labute approximate surface area is 213 Å². The lowest BCUT2D eigenvalue weighted by Gasteiger charge is -2.28. The number of rotatable bonds is 8. The van der Waals surface area contributed by atoms with Gasteiger partial charge in [-0.3, -0.25) is 0 Å². The number of hydrogen-bond donors (Lipinski definition) is 0. The molecule has 1 fully saturated rings. The molecule has 0 atom stereocenters. The molecule has 3 aromatic rings. The molecule has 0 N–H and O–H groups in total. The van der Waals surface area contributed by atoms with Crippen LogP contribution in [0.5, 0.6) is 5.75 Å². The standard InChI is InChI=1S/C25H27Cl2N3O3S/c1-3-33-25(31)23-24(30(29-28-23)15-16-4-8-21(32-2)9-5-16)34-22-10-6-17(7-11-22)18-12-19(26)14-20(27)13-18/h4-5,8-9,12-14,17,22H,3,6-7,10-11,15H2,1-2H3. The van der Waals surface area contributed by atoms with Gasteiger partial charge in [-0.1, -0.05) is 40.5 Å². The Kier molecular flexibility index (Phi) is 8.40. The quantitative estimate of drug-likeness (QED) is 0.311. The van der Waals surface area contributed by atoms with Gasteiger partial charge < -0.3 is 9.47 Å². The van der Waals surface area contributed by atoms with Crippen molar-refractivity contribution in [3.8, 4) is 5.75 Å². The van der Waals surface area contributed by atoms with Gasteiger partial charge in [-0.15, -0.1) is 16.9 Å². The van der Waals surface area contributed by atoms with Crippen molar-refractivity contribution in [3.05, 3.63) is 69.3 Å². The van der Waals surface area contributed by atoms with Crippen LogP contribution in [-0.2, 0) is 11.3 Å². The van der Waals surface area contributed by atoms with Crippen molar-refractivity contribution in [2.75, 3.05) is 13.7 Å². The van der Waals surface area contributed by atoms with Crippen molar-refractivity contribution in [3.63, 3.8) is 0 Å². The second kappa shape index (κ2) is 11.5. The number of benzene rings is 2. The fourth-order valence-corrected chi connectivity index (χ4v) is 6.06. The summed E-state index contributed by atoms with van der Waals surface area (Å²) < 4.78 is 12.3. The molecular weight excluding hydrogens is 493 g/mol. The third-order valence-corrected chi connectivity index (χ3v) is 7.83. The number of nitrogens with zero attached hydrogens (tertiary/aromatic N) is 3. The highest BCUT2D eigenvalue weighted by atomic mass is 35.5. The normalized spacial score (nSPS) is 18.0. The van der Waals surface area contributed by atoms with Crippen LogP contribution in [0.1, 0.15) is 60.1 Å². The summed E-state index contributed by atoms with van der Waals surface area (Å²) in [5.41, 5.74) is 2.52. The molecule has 0 radical (unpaired) electrons. The van der Waals surface area contributed by atoms with E-state index in [2.05, 4.69) is 10.3 Å². The van der Waals surface area contributed by atoms with Gasteiger partial charge in [-0.05, 0) is 80.0 Å². The number of carbonyl (C=O) groups excluding carboxylic acids is 1. The summed E-state index contributed by atoms with van der Waals surface area (Å²) in [6.45, 7) is 2.59. The van der Waals surface area contributed by atoms with E-state index in [0.29, 0.717) is 34.4 Å². The maximum absolute atomic E-state index is 12.6. The van der Waals surface area contributed by atoms with Gasteiger partial charge in [-0.2, -0.15) is 0 Å². The lowest BCUT2D eigenvalue weighted by molar-refractivity contribution is 0.0515. The van der Waals surface area contributed by atoms with Crippen LogP contribution in [0.4, 0.5) is 0 Å². The molecule has 0 saturated heterocycles. The first-order valence-electron chi connectivity index (χ1n) is 11.3. The number of halogens is 2. The van der Waals surface area contributed by atoms with Gasteiger partial charge in [0.15, 0.2) is 0 Å². The second-order valence-corrected chi connectivity index (χ2v) is 10.4. The average molecular weight is 520 g/mol. The van der Waals surface area contributed by atoms with E-state index in [4.69, 9.17) is 32.7 Å². The van der Waals surface area contributed by atoms with E-state index in [1.54, 1.807) is 36.5 Å².